The van der Waals surface area contributed by atoms with Crippen molar-refractivity contribution >= 4 is 17.9 Å². The summed E-state index contributed by atoms with van der Waals surface area (Å²) in [4.78, 5) is 40.5. The highest BCUT2D eigenvalue weighted by atomic mass is 16.5. The zero-order valence-electron chi connectivity index (χ0n) is 19.9. The molecule has 0 bridgehead atoms. The summed E-state index contributed by atoms with van der Waals surface area (Å²) in [6.07, 6.45) is 5.17. The summed E-state index contributed by atoms with van der Waals surface area (Å²) in [6, 6.07) is 3.87. The molecular weight excluding hydrogens is 438 g/mol. The molecule has 10 nitrogen and oxygen atoms in total. The number of nitrogens with two attached hydrogens (primary N) is 2. The number of hydrogen-bond acceptors (Lipinski definition) is 6. The van der Waals surface area contributed by atoms with Crippen molar-refractivity contribution in [3.05, 3.63) is 29.3 Å². The van der Waals surface area contributed by atoms with E-state index in [1.54, 1.807) is 13.2 Å². The van der Waals surface area contributed by atoms with Crippen LogP contribution in [0.25, 0.3) is 0 Å². The average molecular weight is 476 g/mol. The lowest BCUT2D eigenvalue weighted by Crippen LogP contribution is -2.63. The summed E-state index contributed by atoms with van der Waals surface area (Å²) in [7, 11) is 1.55. The van der Waals surface area contributed by atoms with Crippen molar-refractivity contribution in [3.8, 4) is 5.75 Å². The molecule has 34 heavy (non-hydrogen) atoms. The fourth-order valence-electron chi connectivity index (χ4n) is 4.92. The molecule has 1 aliphatic carbocycles. The van der Waals surface area contributed by atoms with Gasteiger partial charge in [-0.25, -0.2) is 4.79 Å². The molecule has 1 aliphatic heterocycles. The zero-order chi connectivity index (χ0) is 24.7. The second kappa shape index (κ2) is 12.0. The Morgan fingerprint density at radius 2 is 1.94 bits per heavy atom. The summed E-state index contributed by atoms with van der Waals surface area (Å²) < 4.78 is 5.35. The number of carboxylic acid groups (broad SMARTS) is 1. The molecule has 0 aromatic heterocycles. The van der Waals surface area contributed by atoms with Crippen LogP contribution >= 0.6 is 0 Å². The number of piperazine rings is 1. The number of nitrogens with one attached hydrogen (secondary N) is 1. The Balaban J connectivity index is 1.68. The van der Waals surface area contributed by atoms with E-state index in [1.165, 1.54) is 16.2 Å². The van der Waals surface area contributed by atoms with Gasteiger partial charge in [-0.15, -0.1) is 0 Å². The third-order valence-corrected chi connectivity index (χ3v) is 6.90. The number of methoxy groups -OCH3 is 1. The van der Waals surface area contributed by atoms with E-state index in [2.05, 4.69) is 5.32 Å². The number of hydrogen-bond donors (Lipinski definition) is 4. The minimum atomic E-state index is -1.11. The van der Waals surface area contributed by atoms with Crippen LogP contribution in [0.5, 0.6) is 5.75 Å². The third kappa shape index (κ3) is 6.38. The van der Waals surface area contributed by atoms with E-state index in [0.717, 1.165) is 36.8 Å². The van der Waals surface area contributed by atoms with E-state index in [1.807, 2.05) is 12.1 Å². The lowest BCUT2D eigenvalue weighted by molar-refractivity contribution is -0.144. The van der Waals surface area contributed by atoms with Gasteiger partial charge in [0.15, 0.2) is 0 Å². The van der Waals surface area contributed by atoms with Gasteiger partial charge in [0.1, 0.15) is 11.8 Å². The van der Waals surface area contributed by atoms with Crippen LogP contribution in [0.2, 0.25) is 0 Å². The van der Waals surface area contributed by atoms with E-state index < -0.39 is 24.1 Å². The first kappa shape index (κ1) is 25.8. The lowest BCUT2D eigenvalue weighted by Gasteiger charge is -2.40. The van der Waals surface area contributed by atoms with Gasteiger partial charge >= 0.3 is 6.09 Å². The van der Waals surface area contributed by atoms with Gasteiger partial charge in [0.05, 0.1) is 19.7 Å². The van der Waals surface area contributed by atoms with Crippen LogP contribution in [0.15, 0.2) is 18.2 Å². The summed E-state index contributed by atoms with van der Waals surface area (Å²) in [5, 5.41) is 12.3. The van der Waals surface area contributed by atoms with Crippen molar-refractivity contribution < 1.29 is 24.2 Å². The van der Waals surface area contributed by atoms with Crippen LogP contribution in [0.4, 0.5) is 4.79 Å². The number of rotatable bonds is 8. The van der Waals surface area contributed by atoms with Gasteiger partial charge in [-0.1, -0.05) is 44.2 Å². The molecule has 2 aliphatic rings. The number of amides is 3. The van der Waals surface area contributed by atoms with Crippen LogP contribution in [0.3, 0.4) is 0 Å². The van der Waals surface area contributed by atoms with Crippen LogP contribution in [-0.4, -0.2) is 71.6 Å². The van der Waals surface area contributed by atoms with Crippen LogP contribution in [0, 0.1) is 5.92 Å². The molecule has 1 aromatic carbocycles. The molecule has 2 fully saturated rings. The molecular formula is C24H37N5O5. The van der Waals surface area contributed by atoms with Crippen LogP contribution in [-0.2, 0) is 22.7 Å². The molecule has 3 rings (SSSR count). The Hall–Kier alpha value is -2.85. The molecule has 6 N–H and O–H groups in total. The Morgan fingerprint density at radius 3 is 2.59 bits per heavy atom. The maximum Gasteiger partial charge on any atom is 0.407 e. The molecule has 2 atom stereocenters. The van der Waals surface area contributed by atoms with E-state index >= 15 is 0 Å². The van der Waals surface area contributed by atoms with Crippen molar-refractivity contribution in [3.63, 3.8) is 0 Å². The Morgan fingerprint density at radius 1 is 1.21 bits per heavy atom. The summed E-state index contributed by atoms with van der Waals surface area (Å²) in [5.41, 5.74) is 13.7. The molecule has 3 amide bonds. The predicted octanol–water partition coefficient (Wildman–Crippen LogP) is 1.26. The molecule has 0 spiro atoms. The van der Waals surface area contributed by atoms with Gasteiger partial charge < -0.3 is 36.4 Å². The highest BCUT2D eigenvalue weighted by Gasteiger charge is 2.39. The second-order valence-corrected chi connectivity index (χ2v) is 9.19. The molecule has 10 heteroatoms. The molecule has 0 radical (unpaired) electrons. The highest BCUT2D eigenvalue weighted by molar-refractivity contribution is 5.90. The largest absolute Gasteiger partial charge is 0.496 e. The predicted molar refractivity (Wildman–Crippen MR) is 127 cm³/mol. The first-order chi connectivity index (χ1) is 16.3. The van der Waals surface area contributed by atoms with E-state index in [0.29, 0.717) is 24.6 Å². The number of benzene rings is 1. The van der Waals surface area contributed by atoms with E-state index in [4.69, 9.17) is 16.2 Å². The first-order valence-corrected chi connectivity index (χ1v) is 12.0. The Labute approximate surface area is 200 Å². The van der Waals surface area contributed by atoms with Gasteiger partial charge in [0.2, 0.25) is 11.8 Å². The van der Waals surface area contributed by atoms with Crippen molar-refractivity contribution in [2.24, 2.45) is 17.4 Å². The normalized spacial score (nSPS) is 20.0. The summed E-state index contributed by atoms with van der Waals surface area (Å²) in [5.74, 6) is 0.358. The molecule has 188 valence electrons. The SMILES string of the molecule is COc1cc(CNC(=O)[C@@H]2CN(C(=O)O)CCN2C(=O)C(N)CC2CCCCC2)ccc1CN. The number of ether oxygens (including phenoxy) is 1. The fraction of sp³-hybridized carbons (Fsp3) is 0.625. The summed E-state index contributed by atoms with van der Waals surface area (Å²) in [6.45, 7) is 0.749. The maximum atomic E-state index is 13.2. The van der Waals surface area contributed by atoms with Crippen molar-refractivity contribution in [2.75, 3.05) is 26.7 Å². The number of nitrogens with zero attached hydrogens (tertiary/aromatic N) is 2. The average Bonchev–Trinajstić information content (AvgIpc) is 2.86. The van der Waals surface area contributed by atoms with Crippen molar-refractivity contribution in [1.29, 1.82) is 0 Å². The van der Waals surface area contributed by atoms with Crippen molar-refractivity contribution in [2.45, 2.75) is 63.7 Å². The van der Waals surface area contributed by atoms with Gasteiger partial charge in [-0.2, -0.15) is 0 Å². The van der Waals surface area contributed by atoms with Crippen molar-refractivity contribution in [1.82, 2.24) is 15.1 Å². The lowest BCUT2D eigenvalue weighted by atomic mass is 9.84. The Bertz CT molecular complexity index is 873. The zero-order valence-corrected chi connectivity index (χ0v) is 19.9. The van der Waals surface area contributed by atoms with Gasteiger partial charge in [0, 0.05) is 31.7 Å². The van der Waals surface area contributed by atoms with Crippen LogP contribution in [0.1, 0.15) is 49.7 Å². The number of carbonyl (C=O) groups excluding carboxylic acids is 2. The number of carbonyl (C=O) groups is 3. The van der Waals surface area contributed by atoms with Gasteiger partial charge in [-0.05, 0) is 24.0 Å². The third-order valence-electron chi connectivity index (χ3n) is 6.90. The molecule has 1 aromatic rings. The van der Waals surface area contributed by atoms with Gasteiger partial charge in [-0.3, -0.25) is 9.59 Å². The second-order valence-electron chi connectivity index (χ2n) is 9.19. The molecule has 1 unspecified atom stereocenters. The smallest absolute Gasteiger partial charge is 0.407 e. The van der Waals surface area contributed by atoms with E-state index in [-0.39, 0.29) is 32.1 Å². The molecule has 1 saturated heterocycles. The minimum absolute atomic E-state index is 0.0848. The molecule has 1 saturated carbocycles. The minimum Gasteiger partial charge on any atom is -0.496 e. The van der Waals surface area contributed by atoms with Gasteiger partial charge in [0.25, 0.3) is 0 Å². The first-order valence-electron chi connectivity index (χ1n) is 12.0. The standard InChI is InChI=1S/C24H37N5O5/c1-34-21-12-17(7-8-18(21)13-25)14-27-22(30)20-15-28(24(32)33)9-10-29(20)23(31)19(26)11-16-5-3-2-4-6-16/h7-8,12,16,19-20H,2-6,9-11,13-15,25-26H2,1H3,(H,27,30)(H,32,33)/t19?,20-/m0/s1. The van der Waals surface area contributed by atoms with E-state index in [9.17, 15) is 19.5 Å². The maximum absolute atomic E-state index is 13.2. The highest BCUT2D eigenvalue weighted by Crippen LogP contribution is 2.27. The topological polar surface area (TPSA) is 151 Å². The summed E-state index contributed by atoms with van der Waals surface area (Å²) >= 11 is 0. The monoisotopic (exact) mass is 475 g/mol. The molecule has 1 heterocycles. The quantitative estimate of drug-likeness (QED) is 0.442. The van der Waals surface area contributed by atoms with Crippen LogP contribution < -0.4 is 21.5 Å². The Kier molecular flexibility index (Phi) is 9.12. The fourth-order valence-corrected chi connectivity index (χ4v) is 4.92.